The Bertz CT molecular complexity index is 854. The summed E-state index contributed by atoms with van der Waals surface area (Å²) in [5, 5.41) is 0. The standard InChI is InChI=1S/C20H11N4.ClH.Fe/c1-2-14-10-16-5-6-18(23-16)12-20-8-7-19(24-20)11-17-4-3-15(22-17)9-13(1)21-14;;/h1-7,9-12H;1H;/q-1;;. The maximum Gasteiger partial charge on any atom is 0.0659 e. The third-order valence-electron chi connectivity index (χ3n) is 3.84. The molecule has 128 valence electrons. The van der Waals surface area contributed by atoms with Gasteiger partial charge in [-0.05, 0) is 54.3 Å². The average Bonchev–Trinajstić information content (AvgIpc) is 3.32. The molecule has 0 aliphatic carbocycles. The monoisotopic (exact) mass is 399 g/mol. The molecule has 5 aliphatic rings. The maximum absolute atomic E-state index is 4.59. The molecule has 0 saturated heterocycles. The fourth-order valence-corrected chi connectivity index (χ4v) is 2.76. The summed E-state index contributed by atoms with van der Waals surface area (Å²) < 4.78 is 0. The summed E-state index contributed by atoms with van der Waals surface area (Å²) in [6.45, 7) is 0. The molecule has 6 heteroatoms. The summed E-state index contributed by atoms with van der Waals surface area (Å²) in [6, 6.07) is 0. The Hall–Kier alpha value is -2.59. The molecule has 4 nitrogen and oxygen atoms in total. The van der Waals surface area contributed by atoms with Crippen molar-refractivity contribution in [3.05, 3.63) is 95.7 Å². The van der Waals surface area contributed by atoms with E-state index in [0.29, 0.717) is 0 Å². The van der Waals surface area contributed by atoms with Crippen LogP contribution in [-0.2, 0) is 17.1 Å². The van der Waals surface area contributed by atoms with Crippen LogP contribution in [0, 0.1) is 6.08 Å². The van der Waals surface area contributed by atoms with Crippen molar-refractivity contribution < 1.29 is 17.1 Å². The molecule has 0 atom stereocenters. The van der Waals surface area contributed by atoms with Gasteiger partial charge in [0.05, 0.1) is 28.5 Å². The second-order valence-corrected chi connectivity index (χ2v) is 5.67. The third-order valence-corrected chi connectivity index (χ3v) is 3.84. The van der Waals surface area contributed by atoms with Gasteiger partial charge in [0.2, 0.25) is 0 Å². The Kier molecular flexibility index (Phi) is 5.14. The van der Waals surface area contributed by atoms with Gasteiger partial charge < -0.3 is 4.99 Å². The van der Waals surface area contributed by atoms with Gasteiger partial charge in [0.1, 0.15) is 0 Å². The second-order valence-electron chi connectivity index (χ2n) is 5.67. The van der Waals surface area contributed by atoms with Gasteiger partial charge in [-0.25, -0.2) is 4.99 Å². The zero-order valence-electron chi connectivity index (χ0n) is 13.4. The van der Waals surface area contributed by atoms with Gasteiger partial charge in [0.25, 0.3) is 0 Å². The summed E-state index contributed by atoms with van der Waals surface area (Å²) in [6.07, 6.45) is 24.7. The van der Waals surface area contributed by atoms with E-state index in [9.17, 15) is 0 Å². The fraction of sp³-hybridized carbons (Fsp3) is 0. The van der Waals surface area contributed by atoms with E-state index in [-0.39, 0.29) is 29.5 Å². The molecule has 26 heavy (non-hydrogen) atoms. The zero-order chi connectivity index (χ0) is 15.9. The van der Waals surface area contributed by atoms with Crippen LogP contribution in [0.4, 0.5) is 0 Å². The predicted octanol–water partition coefficient (Wildman–Crippen LogP) is 3.80. The summed E-state index contributed by atoms with van der Waals surface area (Å²) >= 11 is 0. The normalized spacial score (nSPS) is 20.9. The van der Waals surface area contributed by atoms with E-state index in [2.05, 4.69) is 26.0 Å². The Labute approximate surface area is 167 Å². The number of rotatable bonds is 0. The van der Waals surface area contributed by atoms with Crippen LogP contribution in [0.2, 0.25) is 0 Å². The van der Waals surface area contributed by atoms with Crippen molar-refractivity contribution in [1.29, 1.82) is 0 Å². The maximum atomic E-state index is 4.59. The number of hydrogen-bond acceptors (Lipinski definition) is 4. The van der Waals surface area contributed by atoms with Crippen molar-refractivity contribution in [2.45, 2.75) is 0 Å². The van der Waals surface area contributed by atoms with Gasteiger partial charge in [-0.1, -0.05) is 11.8 Å². The molecule has 0 aromatic carbocycles. The predicted molar refractivity (Wildman–Crippen MR) is 105 cm³/mol. The Balaban J connectivity index is 0.000000980. The number of aliphatic imine (C=N–C) groups is 4. The number of allylic oxidation sites excluding steroid dienone is 12. The van der Waals surface area contributed by atoms with Gasteiger partial charge in [-0.3, -0.25) is 9.98 Å². The second kappa shape index (κ2) is 7.34. The molecule has 5 aliphatic heterocycles. The van der Waals surface area contributed by atoms with Crippen LogP contribution >= 0.6 is 12.4 Å². The summed E-state index contributed by atoms with van der Waals surface area (Å²) in [5.74, 6) is 0. The summed E-state index contributed by atoms with van der Waals surface area (Å²) in [4.78, 5) is 18.3. The minimum absolute atomic E-state index is 0. The molecular formula is C20H12ClFeN4-. The Morgan fingerprint density at radius 1 is 0.538 bits per heavy atom. The first-order chi connectivity index (χ1) is 11.8. The molecule has 0 unspecified atom stereocenters. The van der Waals surface area contributed by atoms with Gasteiger partial charge in [0.15, 0.2) is 0 Å². The van der Waals surface area contributed by atoms with Crippen molar-refractivity contribution in [2.24, 2.45) is 20.0 Å². The smallest absolute Gasteiger partial charge is 0.0659 e. The molecule has 8 bridgehead atoms. The van der Waals surface area contributed by atoms with E-state index in [1.165, 1.54) is 0 Å². The van der Waals surface area contributed by atoms with E-state index < -0.39 is 0 Å². The molecule has 5 rings (SSSR count). The minimum Gasteiger partial charge on any atom is -0.339 e. The molecule has 0 aromatic rings. The molecule has 0 saturated carbocycles. The van der Waals surface area contributed by atoms with Crippen molar-refractivity contribution in [3.8, 4) is 0 Å². The molecule has 0 aromatic heterocycles. The number of nitrogens with zero attached hydrogens (tertiary/aromatic N) is 4. The van der Waals surface area contributed by atoms with Crippen molar-refractivity contribution >= 4 is 35.3 Å². The van der Waals surface area contributed by atoms with Crippen LogP contribution < -0.4 is 0 Å². The van der Waals surface area contributed by atoms with Crippen LogP contribution in [0.3, 0.4) is 0 Å². The molecule has 0 radical (unpaired) electrons. The first-order valence-electron chi connectivity index (χ1n) is 7.66. The van der Waals surface area contributed by atoms with E-state index >= 15 is 0 Å². The minimum atomic E-state index is 0. The zero-order valence-corrected chi connectivity index (χ0v) is 15.3. The Morgan fingerprint density at radius 2 is 1.00 bits per heavy atom. The van der Waals surface area contributed by atoms with Crippen LogP contribution in [0.15, 0.2) is 110 Å². The van der Waals surface area contributed by atoms with E-state index in [4.69, 9.17) is 0 Å². The van der Waals surface area contributed by atoms with Crippen LogP contribution in [0.1, 0.15) is 0 Å². The number of hydrogen-bond donors (Lipinski definition) is 0. The summed E-state index contributed by atoms with van der Waals surface area (Å²) in [7, 11) is 0. The van der Waals surface area contributed by atoms with Crippen molar-refractivity contribution in [2.75, 3.05) is 0 Å². The third kappa shape index (κ3) is 3.65. The molecule has 5 heterocycles. The number of fused-ring (bicyclic) bond motifs is 4. The van der Waals surface area contributed by atoms with Gasteiger partial charge in [-0.15, -0.1) is 24.6 Å². The molecular weight excluding hydrogens is 388 g/mol. The number of halogens is 1. The van der Waals surface area contributed by atoms with Gasteiger partial charge >= 0.3 is 0 Å². The van der Waals surface area contributed by atoms with E-state index in [0.717, 1.165) is 45.6 Å². The molecule has 0 fully saturated rings. The average molecular weight is 400 g/mol. The van der Waals surface area contributed by atoms with E-state index in [1.807, 2.05) is 66.8 Å². The molecule has 0 N–H and O–H groups in total. The largest absolute Gasteiger partial charge is 0.339 e. The SMILES string of the molecule is Cl.[C-]1=CC2=NC1=CC1=NC(=CC3=NC(=CC4=NC(=C2)C=C4)C=C3)C=C1.[Fe]. The quantitative estimate of drug-likeness (QED) is 0.439. The molecule has 0 spiro atoms. The fourth-order valence-electron chi connectivity index (χ4n) is 2.76. The molecule has 0 amide bonds. The first kappa shape index (κ1) is 18.2. The topological polar surface area (TPSA) is 49.4 Å². The van der Waals surface area contributed by atoms with E-state index in [1.54, 1.807) is 0 Å². The van der Waals surface area contributed by atoms with Gasteiger partial charge in [0, 0.05) is 22.8 Å². The Morgan fingerprint density at radius 3 is 1.54 bits per heavy atom. The van der Waals surface area contributed by atoms with Crippen molar-refractivity contribution in [3.63, 3.8) is 0 Å². The summed E-state index contributed by atoms with van der Waals surface area (Å²) in [5.41, 5.74) is 6.88. The van der Waals surface area contributed by atoms with Crippen molar-refractivity contribution in [1.82, 2.24) is 0 Å². The first-order valence-corrected chi connectivity index (χ1v) is 7.66. The van der Waals surface area contributed by atoms with Crippen LogP contribution in [0.5, 0.6) is 0 Å². The van der Waals surface area contributed by atoms with Crippen LogP contribution in [-0.4, -0.2) is 22.8 Å². The van der Waals surface area contributed by atoms with Gasteiger partial charge in [-0.2, -0.15) is 6.08 Å². The van der Waals surface area contributed by atoms with Crippen LogP contribution in [0.25, 0.3) is 0 Å².